The number of piperidine rings is 1. The normalized spacial score (nSPS) is 17.9. The van der Waals surface area contributed by atoms with E-state index >= 15 is 0 Å². The lowest BCUT2D eigenvalue weighted by molar-refractivity contribution is -0.126. The molecular formula is C26H24F2N2O4. The van der Waals surface area contributed by atoms with Gasteiger partial charge in [-0.15, -0.1) is 0 Å². The Balaban J connectivity index is 1.78. The fourth-order valence-corrected chi connectivity index (χ4v) is 4.31. The summed E-state index contributed by atoms with van der Waals surface area (Å²) in [5.74, 6) is -2.50. The van der Waals surface area contributed by atoms with Crippen molar-refractivity contribution in [2.75, 3.05) is 24.4 Å². The van der Waals surface area contributed by atoms with Crippen LogP contribution in [0.2, 0.25) is 0 Å². The Morgan fingerprint density at radius 1 is 0.971 bits per heavy atom. The Kier molecular flexibility index (Phi) is 6.77. The van der Waals surface area contributed by atoms with Gasteiger partial charge in [-0.2, -0.15) is 0 Å². The molecule has 1 N–H and O–H groups in total. The molecule has 0 spiro atoms. The molecule has 1 heterocycles. The molecule has 176 valence electrons. The maximum Gasteiger partial charge on any atom is 0.230 e. The van der Waals surface area contributed by atoms with Gasteiger partial charge in [0.2, 0.25) is 11.8 Å². The van der Waals surface area contributed by atoms with Crippen LogP contribution in [0.5, 0.6) is 11.5 Å². The lowest BCUT2D eigenvalue weighted by atomic mass is 9.82. The molecule has 2 amide bonds. The number of para-hydroxylation sites is 1. The van der Waals surface area contributed by atoms with Crippen LogP contribution in [0.4, 0.5) is 20.2 Å². The number of carbonyl (C=O) groups excluding carboxylic acids is 2. The number of hydrogen-bond donors (Lipinski definition) is 1. The van der Waals surface area contributed by atoms with Crippen molar-refractivity contribution in [3.05, 3.63) is 83.9 Å². The number of amides is 2. The fraction of sp³-hybridized carbons (Fsp3) is 0.231. The van der Waals surface area contributed by atoms with Gasteiger partial charge in [0.1, 0.15) is 11.5 Å². The van der Waals surface area contributed by atoms with Gasteiger partial charge in [0, 0.05) is 17.7 Å². The van der Waals surface area contributed by atoms with E-state index in [1.54, 1.807) is 60.5 Å². The molecule has 1 saturated heterocycles. The summed E-state index contributed by atoms with van der Waals surface area (Å²) in [5.41, 5.74) is 0.960. The fourth-order valence-electron chi connectivity index (χ4n) is 4.31. The van der Waals surface area contributed by atoms with E-state index in [4.69, 9.17) is 9.47 Å². The van der Waals surface area contributed by atoms with Crippen molar-refractivity contribution in [3.63, 3.8) is 0 Å². The van der Waals surface area contributed by atoms with Crippen LogP contribution in [0, 0.1) is 17.6 Å². The first-order valence-corrected chi connectivity index (χ1v) is 10.8. The van der Waals surface area contributed by atoms with E-state index in [1.807, 2.05) is 0 Å². The minimum atomic E-state index is -1.14. The Labute approximate surface area is 196 Å². The van der Waals surface area contributed by atoms with Crippen molar-refractivity contribution in [1.82, 2.24) is 0 Å². The molecule has 8 heteroatoms. The number of rotatable bonds is 6. The van der Waals surface area contributed by atoms with E-state index in [0.29, 0.717) is 22.7 Å². The lowest BCUT2D eigenvalue weighted by Gasteiger charge is -2.41. The molecule has 0 saturated carbocycles. The zero-order valence-electron chi connectivity index (χ0n) is 18.8. The van der Waals surface area contributed by atoms with Crippen molar-refractivity contribution < 1.29 is 27.8 Å². The van der Waals surface area contributed by atoms with Gasteiger partial charge in [0.15, 0.2) is 11.6 Å². The van der Waals surface area contributed by atoms with Crippen LogP contribution in [0.15, 0.2) is 66.7 Å². The van der Waals surface area contributed by atoms with Gasteiger partial charge < -0.3 is 19.7 Å². The smallest absolute Gasteiger partial charge is 0.230 e. The summed E-state index contributed by atoms with van der Waals surface area (Å²) in [4.78, 5) is 28.1. The predicted molar refractivity (Wildman–Crippen MR) is 124 cm³/mol. The van der Waals surface area contributed by atoms with Crippen LogP contribution in [0.3, 0.4) is 0 Å². The van der Waals surface area contributed by atoms with Gasteiger partial charge in [-0.1, -0.05) is 24.3 Å². The number of benzene rings is 3. The van der Waals surface area contributed by atoms with Crippen molar-refractivity contribution in [2.24, 2.45) is 5.92 Å². The highest BCUT2D eigenvalue weighted by molar-refractivity contribution is 6.00. The third-order valence-corrected chi connectivity index (χ3v) is 5.95. The summed E-state index contributed by atoms with van der Waals surface area (Å²) in [6.45, 7) is 0. The first kappa shape index (κ1) is 23.2. The third kappa shape index (κ3) is 4.44. The van der Waals surface area contributed by atoms with Crippen LogP contribution in [-0.4, -0.2) is 26.0 Å². The molecule has 1 aliphatic rings. The van der Waals surface area contributed by atoms with Gasteiger partial charge in [-0.25, -0.2) is 8.78 Å². The molecule has 3 aromatic rings. The van der Waals surface area contributed by atoms with Gasteiger partial charge in [0.25, 0.3) is 0 Å². The molecule has 1 aliphatic heterocycles. The van der Waals surface area contributed by atoms with E-state index in [-0.39, 0.29) is 24.4 Å². The largest absolute Gasteiger partial charge is 0.497 e. The standard InChI is InChI=1S/C26H24F2N2O4/c1-33-17-12-10-16(11-13-17)30-23(31)15-14-19(25(30)18-6-3-4-9-22(18)34-2)26(32)29-21-8-5-7-20(27)24(21)28/h3-13,19,25H,14-15H2,1-2H3,(H,29,32). The third-order valence-electron chi connectivity index (χ3n) is 5.95. The van der Waals surface area contributed by atoms with Crippen molar-refractivity contribution in [3.8, 4) is 11.5 Å². The number of hydrogen-bond acceptors (Lipinski definition) is 4. The van der Waals surface area contributed by atoms with Crippen molar-refractivity contribution >= 4 is 23.2 Å². The SMILES string of the molecule is COc1ccc(N2C(=O)CCC(C(=O)Nc3cccc(F)c3F)C2c2ccccc2OC)cc1. The second-order valence-corrected chi connectivity index (χ2v) is 7.88. The second-order valence-electron chi connectivity index (χ2n) is 7.88. The summed E-state index contributed by atoms with van der Waals surface area (Å²) < 4.78 is 38.7. The molecular weight excluding hydrogens is 442 g/mol. The van der Waals surface area contributed by atoms with E-state index in [1.165, 1.54) is 19.2 Å². The highest BCUT2D eigenvalue weighted by atomic mass is 19.2. The number of anilines is 2. The minimum absolute atomic E-state index is 0.112. The number of nitrogens with zero attached hydrogens (tertiary/aromatic N) is 1. The number of methoxy groups -OCH3 is 2. The van der Waals surface area contributed by atoms with Gasteiger partial charge >= 0.3 is 0 Å². The zero-order chi connectivity index (χ0) is 24.2. The van der Waals surface area contributed by atoms with Gasteiger partial charge in [0.05, 0.1) is 31.9 Å². The van der Waals surface area contributed by atoms with Crippen molar-refractivity contribution in [2.45, 2.75) is 18.9 Å². The Morgan fingerprint density at radius 3 is 2.41 bits per heavy atom. The van der Waals surface area contributed by atoms with Crippen LogP contribution in [0.25, 0.3) is 0 Å². The van der Waals surface area contributed by atoms with E-state index < -0.39 is 29.5 Å². The molecule has 3 aromatic carbocycles. The van der Waals surface area contributed by atoms with Crippen LogP contribution >= 0.6 is 0 Å². The Hall–Kier alpha value is -3.94. The second kappa shape index (κ2) is 9.91. The quantitative estimate of drug-likeness (QED) is 0.549. The van der Waals surface area contributed by atoms with Gasteiger partial charge in [-0.3, -0.25) is 9.59 Å². The maximum atomic E-state index is 14.3. The summed E-state index contributed by atoms with van der Waals surface area (Å²) in [6.07, 6.45) is 0.346. The summed E-state index contributed by atoms with van der Waals surface area (Å²) in [6, 6.07) is 16.9. The monoisotopic (exact) mass is 466 g/mol. The van der Waals surface area contributed by atoms with E-state index in [0.717, 1.165) is 6.07 Å². The average Bonchev–Trinajstić information content (AvgIpc) is 2.86. The number of carbonyl (C=O) groups is 2. The van der Waals surface area contributed by atoms with E-state index in [9.17, 15) is 18.4 Å². The topological polar surface area (TPSA) is 67.9 Å². The van der Waals surface area contributed by atoms with E-state index in [2.05, 4.69) is 5.32 Å². The molecule has 0 aromatic heterocycles. The molecule has 6 nitrogen and oxygen atoms in total. The Morgan fingerprint density at radius 2 is 1.71 bits per heavy atom. The van der Waals surface area contributed by atoms with Crippen LogP contribution < -0.4 is 19.7 Å². The van der Waals surface area contributed by atoms with Crippen LogP contribution in [-0.2, 0) is 9.59 Å². The minimum Gasteiger partial charge on any atom is -0.497 e. The number of nitrogens with one attached hydrogen (secondary N) is 1. The highest BCUT2D eigenvalue weighted by Gasteiger charge is 2.42. The lowest BCUT2D eigenvalue weighted by Crippen LogP contribution is -2.47. The molecule has 2 unspecified atom stereocenters. The first-order chi connectivity index (χ1) is 16.4. The van der Waals surface area contributed by atoms with Crippen molar-refractivity contribution in [1.29, 1.82) is 0 Å². The zero-order valence-corrected chi connectivity index (χ0v) is 18.8. The predicted octanol–water partition coefficient (Wildman–Crippen LogP) is 5.11. The highest BCUT2D eigenvalue weighted by Crippen LogP contribution is 2.43. The summed E-state index contributed by atoms with van der Waals surface area (Å²) in [5, 5.41) is 2.51. The molecule has 34 heavy (non-hydrogen) atoms. The maximum absolute atomic E-state index is 14.3. The molecule has 0 aliphatic carbocycles. The first-order valence-electron chi connectivity index (χ1n) is 10.8. The summed E-state index contributed by atoms with van der Waals surface area (Å²) >= 11 is 0. The van der Waals surface area contributed by atoms with Crippen LogP contribution in [0.1, 0.15) is 24.4 Å². The number of halogens is 2. The molecule has 0 radical (unpaired) electrons. The molecule has 2 atom stereocenters. The molecule has 0 bridgehead atoms. The molecule has 1 fully saturated rings. The average molecular weight is 466 g/mol. The number of ether oxygens (including phenoxy) is 2. The molecule has 4 rings (SSSR count). The Bertz CT molecular complexity index is 1200. The summed E-state index contributed by atoms with van der Waals surface area (Å²) in [7, 11) is 3.06. The van der Waals surface area contributed by atoms with Gasteiger partial charge in [-0.05, 0) is 48.9 Å².